The van der Waals surface area contributed by atoms with Crippen LogP contribution < -0.4 is 9.62 Å². The molecule has 0 aliphatic carbocycles. The highest BCUT2D eigenvalue weighted by atomic mass is 32.2. The van der Waals surface area contributed by atoms with Gasteiger partial charge in [0, 0.05) is 38.8 Å². The molecule has 0 spiro atoms. The van der Waals surface area contributed by atoms with E-state index in [4.69, 9.17) is 9.47 Å². The smallest absolute Gasteiger partial charge is 0.296 e. The summed E-state index contributed by atoms with van der Waals surface area (Å²) in [6.07, 6.45) is -3.01. The number of nitrogens with one attached hydrogen (secondary N) is 1. The summed E-state index contributed by atoms with van der Waals surface area (Å²) in [5.74, 6) is -0.286. The van der Waals surface area contributed by atoms with Gasteiger partial charge < -0.3 is 14.4 Å². The van der Waals surface area contributed by atoms with Crippen molar-refractivity contribution in [1.29, 1.82) is 0 Å². The second-order valence-corrected chi connectivity index (χ2v) is 12.0. The van der Waals surface area contributed by atoms with Crippen molar-refractivity contribution in [2.45, 2.75) is 30.9 Å². The maximum Gasteiger partial charge on any atom is 0.296 e. The average Bonchev–Trinajstić information content (AvgIpc) is 3.38. The van der Waals surface area contributed by atoms with Crippen molar-refractivity contribution in [2.24, 2.45) is 0 Å². The molecule has 0 bridgehead atoms. The lowest BCUT2D eigenvalue weighted by Crippen LogP contribution is -2.42. The number of ether oxygens (including phenoxy) is 2. The van der Waals surface area contributed by atoms with E-state index in [1.165, 1.54) is 10.6 Å². The molecule has 0 saturated carbocycles. The highest BCUT2D eigenvalue weighted by molar-refractivity contribution is 7.92. The molecule has 4 heterocycles. The second kappa shape index (κ2) is 11.9. The van der Waals surface area contributed by atoms with Gasteiger partial charge in [0.25, 0.3) is 16.4 Å². The monoisotopic (exact) mass is 599 g/mol. The molecule has 14 heteroatoms. The maximum absolute atomic E-state index is 14.2. The number of nitrogens with zero attached hydrogens (tertiary/aromatic N) is 6. The van der Waals surface area contributed by atoms with Crippen molar-refractivity contribution >= 4 is 32.8 Å². The third-order valence-electron chi connectivity index (χ3n) is 7.22. The number of rotatable bonds is 8. The van der Waals surface area contributed by atoms with Crippen LogP contribution in [0.5, 0.6) is 0 Å². The number of hydrogen-bond acceptors (Lipinski definition) is 9. The fourth-order valence-electron chi connectivity index (χ4n) is 5.15. The molecule has 0 radical (unpaired) electrons. The number of aromatic nitrogens is 4. The number of morpholine rings is 2. The van der Waals surface area contributed by atoms with E-state index in [0.29, 0.717) is 50.5 Å². The number of alkyl halides is 2. The Balaban J connectivity index is 1.35. The van der Waals surface area contributed by atoms with Gasteiger partial charge in [0.2, 0.25) is 5.95 Å². The molecular weight excluding hydrogens is 568 g/mol. The Morgan fingerprint density at radius 3 is 2.50 bits per heavy atom. The normalized spacial score (nSPS) is 18.6. The molecule has 2 fully saturated rings. The minimum absolute atomic E-state index is 0.0514. The number of anilines is 2. The number of hydrogen-bond donors (Lipinski definition) is 1. The van der Waals surface area contributed by atoms with Crippen molar-refractivity contribution in [3.63, 3.8) is 0 Å². The lowest BCUT2D eigenvalue weighted by Gasteiger charge is -2.31. The van der Waals surface area contributed by atoms with Crippen LogP contribution in [0.1, 0.15) is 24.7 Å². The van der Waals surface area contributed by atoms with Crippen LogP contribution in [0.4, 0.5) is 20.5 Å². The topological polar surface area (TPSA) is 115 Å². The number of imidazole rings is 1. The van der Waals surface area contributed by atoms with Crippen LogP contribution >= 0.6 is 0 Å². The number of fused-ring (bicyclic) bond motifs is 1. The number of benzene rings is 2. The first-order valence-corrected chi connectivity index (χ1v) is 15.2. The quantitative estimate of drug-likeness (QED) is 0.324. The van der Waals surface area contributed by atoms with Crippen LogP contribution in [0.2, 0.25) is 0 Å². The van der Waals surface area contributed by atoms with Crippen LogP contribution in [0.3, 0.4) is 0 Å². The van der Waals surface area contributed by atoms with Gasteiger partial charge in [0.05, 0.1) is 41.9 Å². The molecule has 2 aromatic heterocycles. The average molecular weight is 600 g/mol. The van der Waals surface area contributed by atoms with Gasteiger partial charge in [-0.25, -0.2) is 22.2 Å². The lowest BCUT2D eigenvalue weighted by atomic mass is 10.2. The van der Waals surface area contributed by atoms with Crippen molar-refractivity contribution in [3.8, 4) is 5.82 Å². The highest BCUT2D eigenvalue weighted by Gasteiger charge is 2.26. The van der Waals surface area contributed by atoms with Gasteiger partial charge in [0.1, 0.15) is 11.6 Å². The van der Waals surface area contributed by atoms with Crippen molar-refractivity contribution in [2.75, 3.05) is 55.6 Å². The van der Waals surface area contributed by atoms with E-state index in [1.54, 1.807) is 48.5 Å². The molecule has 0 amide bonds. The minimum atomic E-state index is -4.07. The highest BCUT2D eigenvalue weighted by Crippen LogP contribution is 2.30. The van der Waals surface area contributed by atoms with Crippen LogP contribution in [0.15, 0.2) is 59.5 Å². The molecule has 2 aliphatic heterocycles. The van der Waals surface area contributed by atoms with E-state index in [1.807, 2.05) is 11.8 Å². The molecular formula is C28H31F2N7O4S. The molecule has 6 rings (SSSR count). The molecule has 222 valence electrons. The number of para-hydroxylation sites is 2. The third kappa shape index (κ3) is 6.07. The van der Waals surface area contributed by atoms with Crippen LogP contribution in [0, 0.1) is 0 Å². The van der Waals surface area contributed by atoms with Crippen molar-refractivity contribution in [3.05, 3.63) is 66.0 Å². The Morgan fingerprint density at radius 2 is 1.76 bits per heavy atom. The summed E-state index contributed by atoms with van der Waals surface area (Å²) in [7, 11) is -4.07. The zero-order valence-corrected chi connectivity index (χ0v) is 23.8. The first-order chi connectivity index (χ1) is 20.3. The first-order valence-electron chi connectivity index (χ1n) is 13.7. The number of halogens is 2. The van der Waals surface area contributed by atoms with E-state index in [2.05, 4.69) is 24.6 Å². The Morgan fingerprint density at radius 1 is 1.00 bits per heavy atom. The van der Waals surface area contributed by atoms with E-state index < -0.39 is 22.3 Å². The molecule has 1 atom stereocenters. The SMILES string of the molecule is CC1CN(c2nc(NS(=O)(=O)c3ccc(CN4CCOCC4)cc3)cc(-n3c(C(F)F)nc4ccccc43)n2)CCO1. The predicted octanol–water partition coefficient (Wildman–Crippen LogP) is 3.61. The summed E-state index contributed by atoms with van der Waals surface area (Å²) in [6.45, 7) is 6.92. The fourth-order valence-corrected chi connectivity index (χ4v) is 6.14. The molecule has 1 N–H and O–H groups in total. The van der Waals surface area contributed by atoms with Gasteiger partial charge in [-0.15, -0.1) is 0 Å². The van der Waals surface area contributed by atoms with E-state index in [9.17, 15) is 17.2 Å². The second-order valence-electron chi connectivity index (χ2n) is 10.3. The summed E-state index contributed by atoms with van der Waals surface area (Å²) in [4.78, 5) is 17.3. The van der Waals surface area contributed by atoms with E-state index >= 15 is 0 Å². The molecule has 1 unspecified atom stereocenters. The van der Waals surface area contributed by atoms with Crippen molar-refractivity contribution in [1.82, 2.24) is 24.4 Å². The van der Waals surface area contributed by atoms with Gasteiger partial charge in [-0.3, -0.25) is 14.2 Å². The molecule has 4 aromatic rings. The minimum Gasteiger partial charge on any atom is -0.379 e. The van der Waals surface area contributed by atoms with Crippen molar-refractivity contribution < 1.29 is 26.7 Å². The van der Waals surface area contributed by atoms with Gasteiger partial charge in [0.15, 0.2) is 5.82 Å². The predicted molar refractivity (Wildman–Crippen MR) is 153 cm³/mol. The zero-order valence-electron chi connectivity index (χ0n) is 23.0. The Hall–Kier alpha value is -3.72. The summed E-state index contributed by atoms with van der Waals surface area (Å²) in [5, 5.41) is 0. The summed E-state index contributed by atoms with van der Waals surface area (Å²) in [6, 6.07) is 14.7. The molecule has 11 nitrogen and oxygen atoms in total. The molecule has 2 aliphatic rings. The Bertz CT molecular complexity index is 1660. The first kappa shape index (κ1) is 28.4. The summed E-state index contributed by atoms with van der Waals surface area (Å²) >= 11 is 0. The van der Waals surface area contributed by atoms with Crippen LogP contribution in [-0.4, -0.2) is 84.9 Å². The van der Waals surface area contributed by atoms with Gasteiger partial charge >= 0.3 is 0 Å². The fraction of sp³-hybridized carbons (Fsp3) is 0.393. The maximum atomic E-state index is 14.2. The van der Waals surface area contributed by atoms with Crippen LogP contribution in [0.25, 0.3) is 16.9 Å². The van der Waals surface area contributed by atoms with E-state index in [-0.39, 0.29) is 28.6 Å². The summed E-state index contributed by atoms with van der Waals surface area (Å²) < 4.78 is 70.0. The molecule has 2 aromatic carbocycles. The molecule has 2 saturated heterocycles. The number of sulfonamides is 1. The Kier molecular flexibility index (Phi) is 8.03. The largest absolute Gasteiger partial charge is 0.379 e. The lowest BCUT2D eigenvalue weighted by molar-refractivity contribution is 0.0342. The van der Waals surface area contributed by atoms with Gasteiger partial charge in [-0.05, 0) is 36.8 Å². The summed E-state index contributed by atoms with van der Waals surface area (Å²) in [5.41, 5.74) is 1.76. The zero-order chi connectivity index (χ0) is 29.3. The third-order valence-corrected chi connectivity index (χ3v) is 8.59. The van der Waals surface area contributed by atoms with Gasteiger partial charge in [-0.2, -0.15) is 9.97 Å². The van der Waals surface area contributed by atoms with Crippen LogP contribution in [-0.2, 0) is 26.0 Å². The molecule has 42 heavy (non-hydrogen) atoms. The Labute approximate surface area is 242 Å². The van der Waals surface area contributed by atoms with E-state index in [0.717, 1.165) is 18.7 Å². The standard InChI is InChI=1S/C28H31F2N7O4S/c1-19-17-36(12-15-41-19)28-32-24(16-25(33-28)37-23-5-3-2-4-22(23)31-27(37)26(29)30)34-42(38,39)21-8-6-20(7-9-21)18-35-10-13-40-14-11-35/h2-9,16,19,26H,10-15,17-18H2,1H3,(H,32,33,34). The van der Waals surface area contributed by atoms with Gasteiger partial charge in [-0.1, -0.05) is 24.3 Å².